The highest BCUT2D eigenvalue weighted by molar-refractivity contribution is 5.65. The van der Waals surface area contributed by atoms with Crippen molar-refractivity contribution >= 4 is 11.5 Å². The number of aryl methyl sites for hydroxylation is 2. The molecule has 1 aromatic rings. The first-order chi connectivity index (χ1) is 7.61. The summed E-state index contributed by atoms with van der Waals surface area (Å²) in [5.74, 6) is 0.997. The van der Waals surface area contributed by atoms with Gasteiger partial charge in [0, 0.05) is 27.2 Å². The van der Waals surface area contributed by atoms with E-state index in [0.29, 0.717) is 6.61 Å². The molecule has 1 heterocycles. The molecule has 5 heteroatoms. The van der Waals surface area contributed by atoms with Crippen LogP contribution in [-0.4, -0.2) is 37.1 Å². The minimum atomic E-state index is 0.687. The summed E-state index contributed by atoms with van der Waals surface area (Å²) in [4.78, 5) is 2.09. The lowest BCUT2D eigenvalue weighted by molar-refractivity contribution is 0.206. The van der Waals surface area contributed by atoms with Gasteiger partial charge in [0.15, 0.2) is 0 Å². The van der Waals surface area contributed by atoms with E-state index < -0.39 is 0 Å². The molecule has 0 aliphatic carbocycles. The molecule has 5 nitrogen and oxygen atoms in total. The highest BCUT2D eigenvalue weighted by Gasteiger charge is 2.15. The van der Waals surface area contributed by atoms with Gasteiger partial charge >= 0.3 is 0 Å². The summed E-state index contributed by atoms with van der Waals surface area (Å²) in [6, 6.07) is 0. The van der Waals surface area contributed by atoms with Gasteiger partial charge in [-0.2, -0.15) is 5.10 Å². The Hall–Kier alpha value is -1.23. The van der Waals surface area contributed by atoms with Crippen molar-refractivity contribution in [3.63, 3.8) is 0 Å². The zero-order chi connectivity index (χ0) is 12.1. The van der Waals surface area contributed by atoms with E-state index in [4.69, 9.17) is 10.5 Å². The normalized spacial score (nSPS) is 10.8. The summed E-state index contributed by atoms with van der Waals surface area (Å²) < 4.78 is 7.04. The van der Waals surface area contributed by atoms with Crippen LogP contribution in [0.1, 0.15) is 19.0 Å². The summed E-state index contributed by atoms with van der Waals surface area (Å²) in [6.45, 7) is 6.47. The number of hydrogen-bond acceptors (Lipinski definition) is 4. The van der Waals surface area contributed by atoms with E-state index in [2.05, 4.69) is 16.9 Å². The topological polar surface area (TPSA) is 56.3 Å². The monoisotopic (exact) mass is 226 g/mol. The van der Waals surface area contributed by atoms with Crippen LogP contribution >= 0.6 is 0 Å². The third kappa shape index (κ3) is 2.66. The lowest BCUT2D eigenvalue weighted by atomic mass is 10.3. The average molecular weight is 226 g/mol. The second-order valence-electron chi connectivity index (χ2n) is 3.96. The minimum Gasteiger partial charge on any atom is -0.394 e. The summed E-state index contributed by atoms with van der Waals surface area (Å²) in [5.41, 5.74) is 7.71. The maximum absolute atomic E-state index is 6.04. The molecule has 92 valence electrons. The van der Waals surface area contributed by atoms with Crippen LogP contribution in [0.4, 0.5) is 11.5 Å². The Balaban J connectivity index is 2.90. The van der Waals surface area contributed by atoms with Crippen molar-refractivity contribution in [1.29, 1.82) is 0 Å². The maximum atomic E-state index is 6.04. The van der Waals surface area contributed by atoms with Gasteiger partial charge in [-0.1, -0.05) is 6.92 Å². The maximum Gasteiger partial charge on any atom is 0.150 e. The Bertz CT molecular complexity index is 335. The van der Waals surface area contributed by atoms with E-state index in [1.54, 1.807) is 7.11 Å². The SMILES string of the molecule is CCCn1nc(C)c(N)c1N(C)CCOC. The fourth-order valence-electron chi connectivity index (χ4n) is 1.69. The summed E-state index contributed by atoms with van der Waals surface area (Å²) >= 11 is 0. The van der Waals surface area contributed by atoms with Gasteiger partial charge in [0.2, 0.25) is 0 Å². The van der Waals surface area contributed by atoms with Gasteiger partial charge in [-0.05, 0) is 13.3 Å². The van der Waals surface area contributed by atoms with E-state index in [1.807, 2.05) is 18.7 Å². The largest absolute Gasteiger partial charge is 0.394 e. The molecule has 0 spiro atoms. The highest BCUT2D eigenvalue weighted by Crippen LogP contribution is 2.25. The number of aromatic nitrogens is 2. The summed E-state index contributed by atoms with van der Waals surface area (Å²) in [7, 11) is 3.71. The van der Waals surface area contributed by atoms with Crippen LogP contribution < -0.4 is 10.6 Å². The van der Waals surface area contributed by atoms with Crippen LogP contribution in [0.15, 0.2) is 0 Å². The number of rotatable bonds is 6. The highest BCUT2D eigenvalue weighted by atomic mass is 16.5. The number of nitrogen functional groups attached to an aromatic ring is 1. The first-order valence-electron chi connectivity index (χ1n) is 5.64. The molecule has 0 aliphatic heterocycles. The molecule has 0 radical (unpaired) electrons. The van der Waals surface area contributed by atoms with Crippen molar-refractivity contribution in [3.05, 3.63) is 5.69 Å². The molecule has 0 aromatic carbocycles. The van der Waals surface area contributed by atoms with Crippen molar-refractivity contribution in [3.8, 4) is 0 Å². The Morgan fingerprint density at radius 3 is 2.75 bits per heavy atom. The predicted molar refractivity (Wildman–Crippen MR) is 66.8 cm³/mol. The second kappa shape index (κ2) is 5.75. The van der Waals surface area contributed by atoms with Gasteiger partial charge in [0.25, 0.3) is 0 Å². The average Bonchev–Trinajstić information content (AvgIpc) is 2.52. The Morgan fingerprint density at radius 2 is 2.19 bits per heavy atom. The molecule has 1 aromatic heterocycles. The van der Waals surface area contributed by atoms with Crippen LogP contribution in [0.2, 0.25) is 0 Å². The molecule has 0 bridgehead atoms. The van der Waals surface area contributed by atoms with Gasteiger partial charge in [0.05, 0.1) is 18.0 Å². The van der Waals surface area contributed by atoms with E-state index in [0.717, 1.165) is 36.7 Å². The quantitative estimate of drug-likeness (QED) is 0.793. The molecule has 0 fully saturated rings. The Morgan fingerprint density at radius 1 is 1.50 bits per heavy atom. The lowest BCUT2D eigenvalue weighted by Gasteiger charge is -2.20. The van der Waals surface area contributed by atoms with Gasteiger partial charge < -0.3 is 15.4 Å². The minimum absolute atomic E-state index is 0.687. The van der Waals surface area contributed by atoms with E-state index in [-0.39, 0.29) is 0 Å². The van der Waals surface area contributed by atoms with Gasteiger partial charge in [-0.25, -0.2) is 4.68 Å². The molecular formula is C11H22N4O. The molecule has 0 amide bonds. The van der Waals surface area contributed by atoms with Gasteiger partial charge in [-0.15, -0.1) is 0 Å². The number of likely N-dealkylation sites (N-methyl/N-ethyl adjacent to an activating group) is 1. The van der Waals surface area contributed by atoms with E-state index in [1.165, 1.54) is 0 Å². The zero-order valence-corrected chi connectivity index (χ0v) is 10.7. The number of ether oxygens (including phenoxy) is 1. The number of hydrogen-bond donors (Lipinski definition) is 1. The number of nitrogens with zero attached hydrogens (tertiary/aromatic N) is 3. The zero-order valence-electron chi connectivity index (χ0n) is 10.7. The van der Waals surface area contributed by atoms with Crippen molar-refractivity contribution in [2.75, 3.05) is 37.9 Å². The Labute approximate surface area is 97.2 Å². The number of methoxy groups -OCH3 is 1. The molecular weight excluding hydrogens is 204 g/mol. The van der Waals surface area contributed by atoms with E-state index >= 15 is 0 Å². The van der Waals surface area contributed by atoms with Crippen molar-refractivity contribution in [2.24, 2.45) is 0 Å². The molecule has 0 aliphatic rings. The summed E-state index contributed by atoms with van der Waals surface area (Å²) in [5, 5.41) is 4.44. The van der Waals surface area contributed by atoms with Gasteiger partial charge in [-0.3, -0.25) is 0 Å². The van der Waals surface area contributed by atoms with Crippen LogP contribution in [0.25, 0.3) is 0 Å². The Kier molecular flexibility index (Phi) is 4.61. The standard InChI is InChI=1S/C11H22N4O/c1-5-6-15-11(10(12)9(2)13-15)14(3)7-8-16-4/h5-8,12H2,1-4H3. The molecule has 0 unspecified atom stereocenters. The van der Waals surface area contributed by atoms with Crippen LogP contribution in [0, 0.1) is 6.92 Å². The van der Waals surface area contributed by atoms with Crippen LogP contribution in [0.5, 0.6) is 0 Å². The predicted octanol–water partition coefficient (Wildman–Crippen LogP) is 1.27. The lowest BCUT2D eigenvalue weighted by Crippen LogP contribution is -2.25. The smallest absolute Gasteiger partial charge is 0.150 e. The van der Waals surface area contributed by atoms with Crippen LogP contribution in [0.3, 0.4) is 0 Å². The summed E-state index contributed by atoms with van der Waals surface area (Å²) in [6.07, 6.45) is 1.05. The first kappa shape index (κ1) is 12.8. The third-order valence-corrected chi connectivity index (χ3v) is 2.57. The fraction of sp³-hybridized carbons (Fsp3) is 0.727. The first-order valence-corrected chi connectivity index (χ1v) is 5.64. The second-order valence-corrected chi connectivity index (χ2v) is 3.96. The molecule has 1 rings (SSSR count). The third-order valence-electron chi connectivity index (χ3n) is 2.57. The molecule has 0 saturated carbocycles. The van der Waals surface area contributed by atoms with Crippen LogP contribution in [-0.2, 0) is 11.3 Å². The van der Waals surface area contributed by atoms with Gasteiger partial charge in [0.1, 0.15) is 5.82 Å². The van der Waals surface area contributed by atoms with E-state index in [9.17, 15) is 0 Å². The van der Waals surface area contributed by atoms with Crippen molar-refractivity contribution in [1.82, 2.24) is 9.78 Å². The van der Waals surface area contributed by atoms with Crippen molar-refractivity contribution in [2.45, 2.75) is 26.8 Å². The number of anilines is 2. The molecule has 2 N–H and O–H groups in total. The van der Waals surface area contributed by atoms with Crippen molar-refractivity contribution < 1.29 is 4.74 Å². The molecule has 16 heavy (non-hydrogen) atoms. The molecule has 0 atom stereocenters. The number of nitrogens with two attached hydrogens (primary N) is 1. The molecule has 0 saturated heterocycles. The fourth-order valence-corrected chi connectivity index (χ4v) is 1.69.